The van der Waals surface area contributed by atoms with E-state index in [1.54, 1.807) is 16.2 Å². The smallest absolute Gasteiger partial charge is 0.318 e. The van der Waals surface area contributed by atoms with Gasteiger partial charge in [0.1, 0.15) is 17.4 Å². The molecule has 3 aromatic rings. The zero-order valence-electron chi connectivity index (χ0n) is 23.8. The monoisotopic (exact) mass is 572 g/mol. The van der Waals surface area contributed by atoms with Gasteiger partial charge in [0.2, 0.25) is 12.5 Å². The van der Waals surface area contributed by atoms with E-state index < -0.39 is 0 Å². The first-order chi connectivity index (χ1) is 19.9. The second-order valence-corrected chi connectivity index (χ2v) is 12.5. The summed E-state index contributed by atoms with van der Waals surface area (Å²) in [4.78, 5) is 39.3. The molecule has 11 heteroatoms. The van der Waals surface area contributed by atoms with Gasteiger partial charge in [0, 0.05) is 43.7 Å². The Hall–Kier alpha value is -3.75. The third kappa shape index (κ3) is 5.59. The second-order valence-electron chi connectivity index (χ2n) is 11.6. The molecule has 0 radical (unpaired) electrons. The predicted molar refractivity (Wildman–Crippen MR) is 162 cm³/mol. The van der Waals surface area contributed by atoms with Gasteiger partial charge < -0.3 is 29.2 Å². The number of anilines is 2. The molecule has 0 N–H and O–H groups in total. The van der Waals surface area contributed by atoms with Gasteiger partial charge >= 0.3 is 6.01 Å². The predicted octanol–water partition coefficient (Wildman–Crippen LogP) is 3.49. The topological polar surface area (TPSA) is 82.3 Å². The summed E-state index contributed by atoms with van der Waals surface area (Å²) in [6.45, 7) is 16.1. The Morgan fingerprint density at radius 2 is 2.12 bits per heavy atom. The first kappa shape index (κ1) is 27.4. The van der Waals surface area contributed by atoms with Gasteiger partial charge in [0.25, 0.3) is 0 Å². The number of thiazole rings is 1. The maximum atomic E-state index is 12.5. The molecule has 1 saturated heterocycles. The van der Waals surface area contributed by atoms with Gasteiger partial charge in [-0.1, -0.05) is 12.6 Å². The number of benzene rings is 1. The Labute approximate surface area is 245 Å². The van der Waals surface area contributed by atoms with Crippen LogP contribution in [0, 0.1) is 12.0 Å². The standard InChI is InChI=1S/C30H36N8O2S/c1-5-26(39)38-14-13-37(16-21(38)15-31-2)28-22-9-12-36(24-7-6-8-25-27(24)32-20-41-25)17-23(22)33-29(34-28)40-19-30(10-11-30)18-35(3)4/h5-8,20-21H,1,9-19H2,3-4H3. The summed E-state index contributed by atoms with van der Waals surface area (Å²) in [6.07, 6.45) is 4.41. The number of ether oxygens (including phenoxy) is 1. The van der Waals surface area contributed by atoms with Crippen molar-refractivity contribution >= 4 is 39.0 Å². The van der Waals surface area contributed by atoms with Gasteiger partial charge in [-0.05, 0) is 51.6 Å². The van der Waals surface area contributed by atoms with E-state index in [-0.39, 0.29) is 23.9 Å². The van der Waals surface area contributed by atoms with E-state index in [0.717, 1.165) is 60.6 Å². The Balaban J connectivity index is 1.32. The minimum Gasteiger partial charge on any atom is -0.463 e. The molecule has 2 aromatic heterocycles. The minimum atomic E-state index is -0.223. The molecular weight excluding hydrogens is 536 g/mol. The Bertz CT molecular complexity index is 1490. The summed E-state index contributed by atoms with van der Waals surface area (Å²) >= 11 is 1.65. The number of aromatic nitrogens is 3. The van der Waals surface area contributed by atoms with E-state index in [1.165, 1.54) is 10.8 Å². The molecule has 1 unspecified atom stereocenters. The van der Waals surface area contributed by atoms with Crippen LogP contribution in [0.5, 0.6) is 6.01 Å². The molecule has 6 rings (SSSR count). The molecule has 214 valence electrons. The number of fused-ring (bicyclic) bond motifs is 2. The Kier molecular flexibility index (Phi) is 7.53. The lowest BCUT2D eigenvalue weighted by Gasteiger charge is -2.41. The van der Waals surface area contributed by atoms with Crippen LogP contribution in [0.3, 0.4) is 0 Å². The highest BCUT2D eigenvalue weighted by atomic mass is 32.1. The fourth-order valence-electron chi connectivity index (χ4n) is 6.18. The molecule has 2 fully saturated rings. The molecule has 1 amide bonds. The SMILES string of the molecule is [C-]#[N+]CC1CN(c2nc(OCC3(CN(C)C)CC3)nc3c2CCN(c2cccc4scnc24)C3)CCN1C(=O)C=C. The van der Waals surface area contributed by atoms with Crippen LogP contribution < -0.4 is 14.5 Å². The van der Waals surface area contributed by atoms with Crippen LogP contribution in [-0.4, -0.2) is 96.7 Å². The van der Waals surface area contributed by atoms with Crippen molar-refractivity contribution < 1.29 is 9.53 Å². The first-order valence-corrected chi connectivity index (χ1v) is 15.0. The summed E-state index contributed by atoms with van der Waals surface area (Å²) in [6, 6.07) is 6.52. The maximum Gasteiger partial charge on any atom is 0.318 e. The first-order valence-electron chi connectivity index (χ1n) is 14.2. The van der Waals surface area contributed by atoms with Crippen molar-refractivity contribution in [2.24, 2.45) is 5.41 Å². The van der Waals surface area contributed by atoms with Gasteiger partial charge in [-0.15, -0.1) is 11.3 Å². The van der Waals surface area contributed by atoms with Crippen LogP contribution in [0.1, 0.15) is 24.1 Å². The van der Waals surface area contributed by atoms with E-state index >= 15 is 0 Å². The lowest BCUT2D eigenvalue weighted by molar-refractivity contribution is -0.128. The normalized spacial score (nSPS) is 19.7. The van der Waals surface area contributed by atoms with Crippen molar-refractivity contribution in [3.63, 3.8) is 0 Å². The highest BCUT2D eigenvalue weighted by Gasteiger charge is 2.44. The number of carbonyl (C=O) groups excluding carboxylic acids is 1. The number of nitrogens with zero attached hydrogens (tertiary/aromatic N) is 8. The van der Waals surface area contributed by atoms with Crippen molar-refractivity contribution in [2.45, 2.75) is 31.8 Å². The third-order valence-electron chi connectivity index (χ3n) is 8.36. The Morgan fingerprint density at radius 1 is 1.27 bits per heavy atom. The van der Waals surface area contributed by atoms with Crippen molar-refractivity contribution in [1.29, 1.82) is 0 Å². The molecule has 1 aliphatic carbocycles. The quantitative estimate of drug-likeness (QED) is 0.285. The van der Waals surface area contributed by atoms with Crippen molar-refractivity contribution in [3.05, 3.63) is 59.0 Å². The van der Waals surface area contributed by atoms with Crippen LogP contribution in [-0.2, 0) is 17.8 Å². The molecule has 0 spiro atoms. The number of para-hydroxylation sites is 1. The summed E-state index contributed by atoms with van der Waals surface area (Å²) < 4.78 is 7.53. The van der Waals surface area contributed by atoms with Crippen molar-refractivity contribution in [1.82, 2.24) is 24.8 Å². The molecule has 41 heavy (non-hydrogen) atoms. The number of carbonyl (C=O) groups is 1. The summed E-state index contributed by atoms with van der Waals surface area (Å²) in [7, 11) is 4.20. The highest BCUT2D eigenvalue weighted by Crippen LogP contribution is 2.46. The van der Waals surface area contributed by atoms with Crippen LogP contribution in [0.2, 0.25) is 0 Å². The number of hydrogen-bond acceptors (Lipinski definition) is 9. The van der Waals surface area contributed by atoms with Gasteiger partial charge in [-0.2, -0.15) is 9.97 Å². The molecule has 10 nitrogen and oxygen atoms in total. The molecule has 2 aliphatic heterocycles. The summed E-state index contributed by atoms with van der Waals surface area (Å²) in [5.41, 5.74) is 6.29. The molecular formula is C30H36N8O2S. The number of hydrogen-bond donors (Lipinski definition) is 0. The summed E-state index contributed by atoms with van der Waals surface area (Å²) in [5, 5.41) is 0. The lowest BCUT2D eigenvalue weighted by atomic mass is 10.0. The van der Waals surface area contributed by atoms with Crippen LogP contribution in [0.4, 0.5) is 11.5 Å². The zero-order chi connectivity index (χ0) is 28.6. The summed E-state index contributed by atoms with van der Waals surface area (Å²) in [5.74, 6) is 0.740. The number of rotatable bonds is 9. The molecule has 1 aromatic carbocycles. The van der Waals surface area contributed by atoms with Gasteiger partial charge in [-0.25, -0.2) is 11.6 Å². The molecule has 4 heterocycles. The van der Waals surface area contributed by atoms with E-state index in [4.69, 9.17) is 21.3 Å². The van der Waals surface area contributed by atoms with Crippen molar-refractivity contribution in [3.8, 4) is 6.01 Å². The van der Waals surface area contributed by atoms with Gasteiger partial charge in [-0.3, -0.25) is 4.79 Å². The maximum absolute atomic E-state index is 12.5. The van der Waals surface area contributed by atoms with Crippen LogP contribution in [0.15, 0.2) is 36.4 Å². The minimum absolute atomic E-state index is 0.130. The van der Waals surface area contributed by atoms with Crippen molar-refractivity contribution in [2.75, 3.05) is 69.8 Å². The number of piperazine rings is 1. The fraction of sp³-hybridized carbons (Fsp3) is 0.500. The van der Waals surface area contributed by atoms with Crippen LogP contribution >= 0.6 is 11.3 Å². The van der Waals surface area contributed by atoms with Gasteiger partial charge in [0.15, 0.2) is 0 Å². The molecule has 0 bridgehead atoms. The molecule has 1 atom stereocenters. The Morgan fingerprint density at radius 3 is 2.88 bits per heavy atom. The fourth-order valence-corrected chi connectivity index (χ4v) is 6.87. The average Bonchev–Trinajstić information content (AvgIpc) is 3.55. The van der Waals surface area contributed by atoms with E-state index in [2.05, 4.69) is 63.4 Å². The van der Waals surface area contributed by atoms with E-state index in [1.807, 2.05) is 5.51 Å². The van der Waals surface area contributed by atoms with Crippen LogP contribution in [0.25, 0.3) is 15.1 Å². The third-order valence-corrected chi connectivity index (χ3v) is 9.16. The largest absolute Gasteiger partial charge is 0.463 e. The molecule has 1 saturated carbocycles. The van der Waals surface area contributed by atoms with E-state index in [9.17, 15) is 4.79 Å². The molecule has 3 aliphatic rings. The number of amides is 1. The lowest BCUT2D eigenvalue weighted by Crippen LogP contribution is -2.56. The van der Waals surface area contributed by atoms with Gasteiger partial charge in [0.05, 0.1) is 34.7 Å². The highest BCUT2D eigenvalue weighted by molar-refractivity contribution is 7.16. The zero-order valence-corrected chi connectivity index (χ0v) is 24.6. The van der Waals surface area contributed by atoms with E-state index in [0.29, 0.717) is 38.8 Å². The average molecular weight is 573 g/mol. The second kappa shape index (κ2) is 11.3.